The lowest BCUT2D eigenvalue weighted by Gasteiger charge is -2.03. The molecule has 0 aliphatic heterocycles. The Balaban J connectivity index is 2.11. The van der Waals surface area contributed by atoms with Crippen molar-refractivity contribution in [2.45, 2.75) is 13.0 Å². The Morgan fingerprint density at radius 2 is 2.33 bits per heavy atom. The third-order valence-corrected chi connectivity index (χ3v) is 2.67. The molecule has 2 aromatic heterocycles. The molecule has 0 radical (unpaired) electrons. The summed E-state index contributed by atoms with van der Waals surface area (Å²) in [4.78, 5) is 4.12. The van der Waals surface area contributed by atoms with Gasteiger partial charge in [0.1, 0.15) is 0 Å². The van der Waals surface area contributed by atoms with Crippen molar-refractivity contribution < 1.29 is 5.11 Å². The van der Waals surface area contributed by atoms with Gasteiger partial charge < -0.3 is 10.4 Å². The molecular formula is C13H18N4O. The molecule has 96 valence electrons. The van der Waals surface area contributed by atoms with E-state index in [2.05, 4.69) is 15.4 Å². The summed E-state index contributed by atoms with van der Waals surface area (Å²) in [6.07, 6.45) is 6.35. The molecule has 2 heterocycles. The lowest BCUT2D eigenvalue weighted by molar-refractivity contribution is 0.286. The van der Waals surface area contributed by atoms with Crippen LogP contribution in [0.15, 0.2) is 30.7 Å². The molecule has 0 saturated carbocycles. The summed E-state index contributed by atoms with van der Waals surface area (Å²) in [5.41, 5.74) is 3.13. The molecule has 0 saturated heterocycles. The van der Waals surface area contributed by atoms with Crippen LogP contribution in [0.3, 0.4) is 0 Å². The number of hydrogen-bond acceptors (Lipinski definition) is 4. The lowest BCUT2D eigenvalue weighted by Crippen LogP contribution is -2.15. The number of rotatable bonds is 6. The fourth-order valence-electron chi connectivity index (χ4n) is 1.84. The summed E-state index contributed by atoms with van der Waals surface area (Å²) in [5.74, 6) is 0. The Bertz CT molecular complexity index is 481. The van der Waals surface area contributed by atoms with Crippen LogP contribution in [0.5, 0.6) is 0 Å². The number of aliphatic hydroxyl groups excluding tert-OH is 1. The van der Waals surface area contributed by atoms with Gasteiger partial charge in [0.2, 0.25) is 0 Å². The van der Waals surface area contributed by atoms with Crippen molar-refractivity contribution in [2.24, 2.45) is 7.05 Å². The monoisotopic (exact) mass is 246 g/mol. The van der Waals surface area contributed by atoms with E-state index in [-0.39, 0.29) is 6.61 Å². The fourth-order valence-corrected chi connectivity index (χ4v) is 1.84. The summed E-state index contributed by atoms with van der Waals surface area (Å²) in [5, 5.41) is 16.5. The number of aryl methyl sites for hydroxylation is 1. The minimum absolute atomic E-state index is 0.218. The number of aromatic nitrogens is 3. The van der Waals surface area contributed by atoms with E-state index in [9.17, 15) is 0 Å². The SMILES string of the molecule is Cn1cc(CNCCCO)c(-c2cccnc2)n1. The van der Waals surface area contributed by atoms with Crippen molar-refractivity contribution in [3.05, 3.63) is 36.3 Å². The van der Waals surface area contributed by atoms with Crippen molar-refractivity contribution in [3.63, 3.8) is 0 Å². The van der Waals surface area contributed by atoms with E-state index in [1.54, 1.807) is 6.20 Å². The Morgan fingerprint density at radius 1 is 1.44 bits per heavy atom. The number of aliphatic hydroxyl groups is 1. The first kappa shape index (κ1) is 12.7. The van der Waals surface area contributed by atoms with Gasteiger partial charge in [-0.25, -0.2) is 0 Å². The van der Waals surface area contributed by atoms with Gasteiger partial charge >= 0.3 is 0 Å². The Labute approximate surface area is 106 Å². The first-order chi connectivity index (χ1) is 8.81. The predicted molar refractivity (Wildman–Crippen MR) is 69.8 cm³/mol. The van der Waals surface area contributed by atoms with E-state index in [0.29, 0.717) is 0 Å². The average Bonchev–Trinajstić information content (AvgIpc) is 2.77. The molecule has 0 unspecified atom stereocenters. The highest BCUT2D eigenvalue weighted by Gasteiger charge is 2.09. The van der Waals surface area contributed by atoms with Crippen LogP contribution in [0.1, 0.15) is 12.0 Å². The quantitative estimate of drug-likeness (QED) is 0.745. The van der Waals surface area contributed by atoms with Crippen molar-refractivity contribution >= 4 is 0 Å². The summed E-state index contributed by atoms with van der Waals surface area (Å²) in [6, 6.07) is 3.92. The third kappa shape index (κ3) is 3.15. The van der Waals surface area contributed by atoms with E-state index in [4.69, 9.17) is 5.11 Å². The molecule has 0 bridgehead atoms. The largest absolute Gasteiger partial charge is 0.396 e. The fraction of sp³-hybridized carbons (Fsp3) is 0.385. The van der Waals surface area contributed by atoms with Crippen LogP contribution in [-0.2, 0) is 13.6 Å². The van der Waals surface area contributed by atoms with Gasteiger partial charge in [0, 0.05) is 49.9 Å². The summed E-state index contributed by atoms with van der Waals surface area (Å²) < 4.78 is 1.81. The maximum Gasteiger partial charge on any atom is 0.0983 e. The minimum Gasteiger partial charge on any atom is -0.396 e. The predicted octanol–water partition coefficient (Wildman–Crippen LogP) is 0.954. The van der Waals surface area contributed by atoms with E-state index in [0.717, 1.165) is 36.3 Å². The Kier molecular flexibility index (Phi) is 4.44. The van der Waals surface area contributed by atoms with Crippen LogP contribution in [0.4, 0.5) is 0 Å². The van der Waals surface area contributed by atoms with Crippen LogP contribution >= 0.6 is 0 Å². The van der Waals surface area contributed by atoms with Crippen molar-refractivity contribution in [1.82, 2.24) is 20.1 Å². The van der Waals surface area contributed by atoms with Crippen LogP contribution in [0.25, 0.3) is 11.3 Å². The maximum atomic E-state index is 8.74. The zero-order valence-electron chi connectivity index (χ0n) is 10.5. The van der Waals surface area contributed by atoms with E-state index < -0.39 is 0 Å². The highest BCUT2D eigenvalue weighted by molar-refractivity contribution is 5.61. The number of nitrogens with one attached hydrogen (secondary N) is 1. The highest BCUT2D eigenvalue weighted by Crippen LogP contribution is 2.20. The van der Waals surface area contributed by atoms with Gasteiger partial charge in [-0.1, -0.05) is 0 Å². The van der Waals surface area contributed by atoms with Crippen LogP contribution in [-0.4, -0.2) is 33.0 Å². The van der Waals surface area contributed by atoms with Gasteiger partial charge in [0.25, 0.3) is 0 Å². The van der Waals surface area contributed by atoms with Crippen LogP contribution < -0.4 is 5.32 Å². The van der Waals surface area contributed by atoms with Crippen molar-refractivity contribution in [2.75, 3.05) is 13.2 Å². The Hall–Kier alpha value is -1.72. The van der Waals surface area contributed by atoms with Crippen LogP contribution in [0, 0.1) is 0 Å². The number of nitrogens with zero attached hydrogens (tertiary/aromatic N) is 3. The first-order valence-electron chi connectivity index (χ1n) is 6.05. The highest BCUT2D eigenvalue weighted by atomic mass is 16.3. The molecule has 0 fully saturated rings. The van der Waals surface area contributed by atoms with Crippen molar-refractivity contribution in [1.29, 1.82) is 0 Å². The van der Waals surface area contributed by atoms with E-state index in [1.165, 1.54) is 0 Å². The number of pyridine rings is 1. The van der Waals surface area contributed by atoms with Gasteiger partial charge in [-0.15, -0.1) is 0 Å². The summed E-state index contributed by atoms with van der Waals surface area (Å²) >= 11 is 0. The first-order valence-corrected chi connectivity index (χ1v) is 6.05. The third-order valence-electron chi connectivity index (χ3n) is 2.67. The molecule has 5 heteroatoms. The van der Waals surface area contributed by atoms with E-state index >= 15 is 0 Å². The maximum absolute atomic E-state index is 8.74. The van der Waals surface area contributed by atoms with Gasteiger partial charge in [-0.2, -0.15) is 5.10 Å². The molecule has 2 rings (SSSR count). The molecule has 2 aromatic rings. The topological polar surface area (TPSA) is 63.0 Å². The number of hydrogen-bond donors (Lipinski definition) is 2. The second-order valence-electron chi connectivity index (χ2n) is 4.17. The normalized spacial score (nSPS) is 10.8. The van der Waals surface area contributed by atoms with Gasteiger partial charge in [0.05, 0.1) is 5.69 Å². The van der Waals surface area contributed by atoms with Crippen molar-refractivity contribution in [3.8, 4) is 11.3 Å². The standard InChI is InChI=1S/C13H18N4O/c1-17-10-12(9-15-6-3-7-18)13(16-17)11-4-2-5-14-8-11/h2,4-5,8,10,15,18H,3,6-7,9H2,1H3. The molecule has 0 atom stereocenters. The molecule has 0 aromatic carbocycles. The second-order valence-corrected chi connectivity index (χ2v) is 4.17. The van der Waals surface area contributed by atoms with E-state index in [1.807, 2.05) is 36.3 Å². The van der Waals surface area contributed by atoms with Gasteiger partial charge in [0.15, 0.2) is 0 Å². The summed E-state index contributed by atoms with van der Waals surface area (Å²) in [7, 11) is 1.91. The Morgan fingerprint density at radius 3 is 3.06 bits per heavy atom. The molecular weight excluding hydrogens is 228 g/mol. The second kappa shape index (κ2) is 6.28. The average molecular weight is 246 g/mol. The molecule has 18 heavy (non-hydrogen) atoms. The smallest absolute Gasteiger partial charge is 0.0983 e. The molecule has 0 aliphatic rings. The summed E-state index contributed by atoms with van der Waals surface area (Å²) in [6.45, 7) is 1.77. The molecule has 0 aliphatic carbocycles. The molecule has 0 amide bonds. The van der Waals surface area contributed by atoms with Crippen LogP contribution in [0.2, 0.25) is 0 Å². The lowest BCUT2D eigenvalue weighted by atomic mass is 10.1. The minimum atomic E-state index is 0.218. The van der Waals surface area contributed by atoms with Gasteiger partial charge in [-0.05, 0) is 25.1 Å². The van der Waals surface area contributed by atoms with Gasteiger partial charge in [-0.3, -0.25) is 9.67 Å². The molecule has 0 spiro atoms. The zero-order valence-corrected chi connectivity index (χ0v) is 10.5. The molecule has 5 nitrogen and oxygen atoms in total. The molecule has 2 N–H and O–H groups in total. The zero-order chi connectivity index (χ0) is 12.8.